The first kappa shape index (κ1) is 20.3. The van der Waals surface area contributed by atoms with Crippen LogP contribution in [0.4, 0.5) is 16.2 Å². The molecule has 0 radical (unpaired) electrons. The number of benzene rings is 1. The van der Waals surface area contributed by atoms with E-state index in [1.54, 1.807) is 12.4 Å². The number of carbonyl (C=O) groups is 1. The minimum absolute atomic E-state index is 0.0626. The maximum Gasteiger partial charge on any atom is 0.314 e. The highest BCUT2D eigenvalue weighted by molar-refractivity contribution is 5.91. The lowest BCUT2D eigenvalue weighted by Gasteiger charge is -2.34. The number of anilines is 2. The van der Waals surface area contributed by atoms with Crippen LogP contribution < -0.4 is 20.9 Å². The van der Waals surface area contributed by atoms with Crippen molar-refractivity contribution in [2.24, 2.45) is 0 Å². The van der Waals surface area contributed by atoms with Gasteiger partial charge in [0.15, 0.2) is 0 Å². The molecule has 3 heterocycles. The number of rotatable bonds is 5. The van der Waals surface area contributed by atoms with Crippen LogP contribution in [0.1, 0.15) is 45.4 Å². The van der Waals surface area contributed by atoms with Crippen molar-refractivity contribution in [3.05, 3.63) is 24.5 Å². The van der Waals surface area contributed by atoms with Gasteiger partial charge in [0.1, 0.15) is 5.52 Å². The summed E-state index contributed by atoms with van der Waals surface area (Å²) in [6.07, 6.45) is 10.5. The van der Waals surface area contributed by atoms with E-state index in [1.807, 2.05) is 6.92 Å². The highest BCUT2D eigenvalue weighted by Crippen LogP contribution is 2.34. The van der Waals surface area contributed by atoms with Crippen molar-refractivity contribution in [3.8, 4) is 0 Å². The third kappa shape index (κ3) is 4.54. The number of ether oxygens (including phenoxy) is 1. The van der Waals surface area contributed by atoms with Gasteiger partial charge in [0.2, 0.25) is 0 Å². The highest BCUT2D eigenvalue weighted by Gasteiger charge is 2.34. The van der Waals surface area contributed by atoms with Crippen LogP contribution in [0, 0.1) is 0 Å². The van der Waals surface area contributed by atoms with Gasteiger partial charge in [-0.1, -0.05) is 0 Å². The van der Waals surface area contributed by atoms with Crippen molar-refractivity contribution in [2.75, 3.05) is 29.9 Å². The van der Waals surface area contributed by atoms with Crippen LogP contribution in [0.15, 0.2) is 24.5 Å². The molecule has 8 heteroatoms. The summed E-state index contributed by atoms with van der Waals surface area (Å²) in [4.78, 5) is 23.5. The highest BCUT2D eigenvalue weighted by atomic mass is 16.5. The molecule has 0 unspecified atom stereocenters. The number of morpholine rings is 1. The Morgan fingerprint density at radius 1 is 1.03 bits per heavy atom. The number of urea groups is 1. The van der Waals surface area contributed by atoms with Crippen molar-refractivity contribution in [3.63, 3.8) is 0 Å². The van der Waals surface area contributed by atoms with E-state index >= 15 is 0 Å². The number of hydrogen-bond donors (Lipinski definition) is 3. The van der Waals surface area contributed by atoms with E-state index in [4.69, 9.17) is 4.74 Å². The minimum atomic E-state index is -0.0626. The molecule has 3 aliphatic rings. The fourth-order valence-electron chi connectivity index (χ4n) is 5.18. The van der Waals surface area contributed by atoms with Crippen molar-refractivity contribution in [2.45, 2.75) is 69.7 Å². The summed E-state index contributed by atoms with van der Waals surface area (Å²) >= 11 is 0. The lowest BCUT2D eigenvalue weighted by molar-refractivity contribution is 0.0305. The molecule has 31 heavy (non-hydrogen) atoms. The smallest absolute Gasteiger partial charge is 0.314 e. The second-order valence-corrected chi connectivity index (χ2v) is 8.98. The first-order chi connectivity index (χ1) is 15.2. The molecule has 3 N–H and O–H groups in total. The Kier molecular flexibility index (Phi) is 5.80. The summed E-state index contributed by atoms with van der Waals surface area (Å²) in [6.45, 7) is 4.47. The van der Waals surface area contributed by atoms with Crippen molar-refractivity contribution >= 4 is 28.4 Å². The Morgan fingerprint density at radius 3 is 2.48 bits per heavy atom. The molecule has 0 spiro atoms. The topological polar surface area (TPSA) is 91.4 Å². The number of carbonyl (C=O) groups excluding carboxylic acids is 1. The van der Waals surface area contributed by atoms with E-state index in [0.717, 1.165) is 68.3 Å². The van der Waals surface area contributed by atoms with Crippen LogP contribution in [0.25, 0.3) is 11.0 Å². The molecule has 2 saturated heterocycles. The van der Waals surface area contributed by atoms with E-state index in [9.17, 15) is 4.79 Å². The number of nitrogens with zero attached hydrogens (tertiary/aromatic N) is 3. The summed E-state index contributed by atoms with van der Waals surface area (Å²) in [6, 6.07) is 4.95. The third-order valence-electron chi connectivity index (χ3n) is 6.73. The second-order valence-electron chi connectivity index (χ2n) is 8.98. The summed E-state index contributed by atoms with van der Waals surface area (Å²) < 4.78 is 6.02. The zero-order chi connectivity index (χ0) is 21.2. The van der Waals surface area contributed by atoms with Gasteiger partial charge in [-0.25, -0.2) is 4.79 Å². The number of hydrogen-bond acceptors (Lipinski definition) is 6. The van der Waals surface area contributed by atoms with Crippen LogP contribution >= 0.6 is 0 Å². The van der Waals surface area contributed by atoms with Crippen LogP contribution in [0.5, 0.6) is 0 Å². The monoisotopic (exact) mass is 424 g/mol. The molecule has 2 bridgehead atoms. The molecule has 2 aliphatic heterocycles. The standard InChI is InChI=1S/C23H32N6O2/c1-2-24-23(30)28-16-5-3-15(4-6-16)27-21-12-17(11-20-22(21)26-10-9-25-20)29-13-18-7-8-19(14-29)31-18/h9-12,15-16,18-19,27H,2-8,13-14H2,1H3,(H2,24,28,30)/t15?,16?,18-,19+. The lowest BCUT2D eigenvalue weighted by Crippen LogP contribution is -2.44. The third-order valence-corrected chi connectivity index (χ3v) is 6.73. The molecule has 166 valence electrons. The molecule has 3 fully saturated rings. The first-order valence-electron chi connectivity index (χ1n) is 11.6. The Morgan fingerprint density at radius 2 is 1.74 bits per heavy atom. The Hall–Kier alpha value is -2.61. The summed E-state index contributed by atoms with van der Waals surface area (Å²) in [5.41, 5.74) is 4.10. The Labute approximate surface area is 183 Å². The molecule has 2 aromatic rings. The molecular weight excluding hydrogens is 392 g/mol. The van der Waals surface area contributed by atoms with Gasteiger partial charge >= 0.3 is 6.03 Å². The Balaban J connectivity index is 1.30. The van der Waals surface area contributed by atoms with Gasteiger partial charge in [0.05, 0.1) is 23.4 Å². The normalized spacial score (nSPS) is 27.8. The second kappa shape index (κ2) is 8.86. The number of amides is 2. The largest absolute Gasteiger partial charge is 0.380 e. The predicted molar refractivity (Wildman–Crippen MR) is 122 cm³/mol. The van der Waals surface area contributed by atoms with Gasteiger partial charge in [-0.2, -0.15) is 0 Å². The fraction of sp³-hybridized carbons (Fsp3) is 0.609. The van der Waals surface area contributed by atoms with E-state index in [-0.39, 0.29) is 12.1 Å². The predicted octanol–water partition coefficient (Wildman–Crippen LogP) is 3.04. The van der Waals surface area contributed by atoms with Gasteiger partial charge in [0, 0.05) is 49.8 Å². The number of aromatic nitrogens is 2. The average Bonchev–Trinajstić information content (AvgIpc) is 3.12. The van der Waals surface area contributed by atoms with Crippen molar-refractivity contribution in [1.29, 1.82) is 0 Å². The maximum atomic E-state index is 11.8. The van der Waals surface area contributed by atoms with Crippen molar-refractivity contribution < 1.29 is 9.53 Å². The SMILES string of the molecule is CCNC(=O)NC1CCC(Nc2cc(N3C[C@H]4CC[C@@H](C3)O4)cc3nccnc23)CC1. The van der Waals surface area contributed by atoms with Gasteiger partial charge in [-0.05, 0) is 57.6 Å². The average molecular weight is 425 g/mol. The lowest BCUT2D eigenvalue weighted by atomic mass is 9.91. The molecule has 2 amide bonds. The molecule has 1 aliphatic carbocycles. The summed E-state index contributed by atoms with van der Waals surface area (Å²) in [5.74, 6) is 0. The molecule has 1 saturated carbocycles. The molecule has 8 nitrogen and oxygen atoms in total. The number of nitrogens with one attached hydrogen (secondary N) is 3. The molecule has 5 rings (SSSR count). The van der Waals surface area contributed by atoms with Crippen LogP contribution in [0.2, 0.25) is 0 Å². The quantitative estimate of drug-likeness (QED) is 0.683. The van der Waals surface area contributed by atoms with Gasteiger partial charge in [-0.15, -0.1) is 0 Å². The van der Waals surface area contributed by atoms with Crippen molar-refractivity contribution in [1.82, 2.24) is 20.6 Å². The van der Waals surface area contributed by atoms with Gasteiger partial charge in [0.25, 0.3) is 0 Å². The summed E-state index contributed by atoms with van der Waals surface area (Å²) in [7, 11) is 0. The first-order valence-corrected chi connectivity index (χ1v) is 11.6. The minimum Gasteiger partial charge on any atom is -0.380 e. The Bertz CT molecular complexity index is 917. The van der Waals surface area contributed by atoms with E-state index in [2.05, 4.69) is 43.0 Å². The molecule has 2 atom stereocenters. The van der Waals surface area contributed by atoms with E-state index in [1.165, 1.54) is 5.69 Å². The molecule has 1 aromatic heterocycles. The maximum absolute atomic E-state index is 11.8. The van der Waals surface area contributed by atoms with Gasteiger partial charge in [-0.3, -0.25) is 9.97 Å². The summed E-state index contributed by atoms with van der Waals surface area (Å²) in [5, 5.41) is 9.65. The zero-order valence-corrected chi connectivity index (χ0v) is 18.1. The van der Waals surface area contributed by atoms with Crippen LogP contribution in [-0.2, 0) is 4.74 Å². The molecule has 1 aromatic carbocycles. The zero-order valence-electron chi connectivity index (χ0n) is 18.1. The van der Waals surface area contributed by atoms with Crippen LogP contribution in [-0.4, -0.2) is 59.9 Å². The van der Waals surface area contributed by atoms with E-state index < -0.39 is 0 Å². The number of fused-ring (bicyclic) bond motifs is 3. The van der Waals surface area contributed by atoms with Gasteiger partial charge < -0.3 is 25.6 Å². The molecular formula is C23H32N6O2. The van der Waals surface area contributed by atoms with E-state index in [0.29, 0.717) is 24.8 Å². The van der Waals surface area contributed by atoms with Crippen LogP contribution in [0.3, 0.4) is 0 Å². The fourth-order valence-corrected chi connectivity index (χ4v) is 5.18.